The summed E-state index contributed by atoms with van der Waals surface area (Å²) >= 11 is 3.40. The van der Waals surface area contributed by atoms with Crippen molar-refractivity contribution in [2.45, 2.75) is 19.3 Å². The molecule has 0 spiro atoms. The van der Waals surface area contributed by atoms with E-state index in [-0.39, 0.29) is 5.91 Å². The van der Waals surface area contributed by atoms with Gasteiger partial charge in [0.05, 0.1) is 6.54 Å². The lowest BCUT2D eigenvalue weighted by atomic mass is 10.1. The van der Waals surface area contributed by atoms with Crippen LogP contribution < -0.4 is 0 Å². The molecule has 2 rings (SSSR count). The van der Waals surface area contributed by atoms with Gasteiger partial charge >= 0.3 is 0 Å². The summed E-state index contributed by atoms with van der Waals surface area (Å²) in [6.45, 7) is 1.81. The second-order valence-corrected chi connectivity index (χ2v) is 5.17. The van der Waals surface area contributed by atoms with Gasteiger partial charge in [-0.05, 0) is 36.0 Å². The van der Waals surface area contributed by atoms with Gasteiger partial charge in [-0.15, -0.1) is 0 Å². The first-order chi connectivity index (χ1) is 7.58. The molecule has 3 nitrogen and oxygen atoms in total. The molecule has 0 heterocycles. The van der Waals surface area contributed by atoms with Crippen LogP contribution in [0.25, 0.3) is 0 Å². The van der Waals surface area contributed by atoms with Gasteiger partial charge in [0, 0.05) is 11.4 Å². The van der Waals surface area contributed by atoms with E-state index in [9.17, 15) is 10.0 Å². The molecule has 1 aliphatic rings. The van der Waals surface area contributed by atoms with E-state index in [0.717, 1.165) is 16.0 Å². The second kappa shape index (κ2) is 4.55. The van der Waals surface area contributed by atoms with Gasteiger partial charge in [-0.1, -0.05) is 28.1 Å². The van der Waals surface area contributed by atoms with Crippen LogP contribution in [0, 0.1) is 5.92 Å². The molecule has 1 amide bonds. The third-order valence-corrected chi connectivity index (χ3v) is 3.52. The van der Waals surface area contributed by atoms with Crippen molar-refractivity contribution in [2.75, 3.05) is 6.54 Å². The molecule has 1 aliphatic carbocycles. The first-order valence-corrected chi connectivity index (χ1v) is 6.09. The molecule has 4 heteroatoms. The van der Waals surface area contributed by atoms with Gasteiger partial charge < -0.3 is 0 Å². The summed E-state index contributed by atoms with van der Waals surface area (Å²) in [5.74, 6) is 0.596. The van der Waals surface area contributed by atoms with Gasteiger partial charge in [-0.2, -0.15) is 0 Å². The summed E-state index contributed by atoms with van der Waals surface area (Å²) in [6, 6.07) is 8.22. The zero-order chi connectivity index (χ0) is 11.7. The monoisotopic (exact) mass is 283 g/mol. The first-order valence-electron chi connectivity index (χ1n) is 5.30. The molecule has 0 bridgehead atoms. The number of carbonyl (C=O) groups is 1. The maximum atomic E-state index is 10.9. The molecule has 0 aliphatic heterocycles. The summed E-state index contributed by atoms with van der Waals surface area (Å²) in [5.41, 5.74) is 1.28. The molecule has 16 heavy (non-hydrogen) atoms. The molecule has 0 saturated heterocycles. The van der Waals surface area contributed by atoms with Crippen LogP contribution in [0.5, 0.6) is 0 Å². The fourth-order valence-electron chi connectivity index (χ4n) is 1.92. The SMILES string of the molecule is CC(=O)N(O)C[C@@H]1C[C@H]1c1ccc(Br)cc1. The van der Waals surface area contributed by atoms with Gasteiger partial charge in [0.25, 0.3) is 0 Å². The van der Waals surface area contributed by atoms with Crippen LogP contribution >= 0.6 is 15.9 Å². The van der Waals surface area contributed by atoms with Crippen LogP contribution in [0.1, 0.15) is 24.8 Å². The van der Waals surface area contributed by atoms with Crippen molar-refractivity contribution in [1.82, 2.24) is 5.06 Å². The first kappa shape index (κ1) is 11.6. The average Bonchev–Trinajstić information content (AvgIpc) is 2.98. The summed E-state index contributed by atoms with van der Waals surface area (Å²) < 4.78 is 1.07. The van der Waals surface area contributed by atoms with Crippen molar-refractivity contribution in [2.24, 2.45) is 5.92 Å². The fraction of sp³-hybridized carbons (Fsp3) is 0.417. The van der Waals surface area contributed by atoms with Crippen LogP contribution in [0.2, 0.25) is 0 Å². The lowest BCUT2D eigenvalue weighted by Gasteiger charge is -2.11. The summed E-state index contributed by atoms with van der Waals surface area (Å²) in [4.78, 5) is 10.9. The Kier molecular flexibility index (Phi) is 3.30. The second-order valence-electron chi connectivity index (χ2n) is 4.25. The van der Waals surface area contributed by atoms with Crippen LogP contribution in [-0.4, -0.2) is 22.7 Å². The van der Waals surface area contributed by atoms with E-state index in [2.05, 4.69) is 28.1 Å². The molecule has 0 unspecified atom stereocenters. The fourth-order valence-corrected chi connectivity index (χ4v) is 2.18. The lowest BCUT2D eigenvalue weighted by Crippen LogP contribution is -2.27. The molecule has 0 radical (unpaired) electrons. The number of benzene rings is 1. The minimum Gasteiger partial charge on any atom is -0.286 e. The van der Waals surface area contributed by atoms with Crippen LogP contribution in [0.4, 0.5) is 0 Å². The smallest absolute Gasteiger partial charge is 0.242 e. The summed E-state index contributed by atoms with van der Waals surface area (Å²) in [6.07, 6.45) is 1.05. The maximum absolute atomic E-state index is 10.9. The van der Waals surface area contributed by atoms with Crippen molar-refractivity contribution >= 4 is 21.8 Å². The van der Waals surface area contributed by atoms with E-state index in [1.165, 1.54) is 12.5 Å². The average molecular weight is 284 g/mol. The Bertz CT molecular complexity index is 391. The number of halogens is 1. The minimum absolute atomic E-state index is 0.290. The van der Waals surface area contributed by atoms with Crippen molar-refractivity contribution in [3.8, 4) is 0 Å². The van der Waals surface area contributed by atoms with Crippen LogP contribution in [-0.2, 0) is 4.79 Å². The predicted molar refractivity (Wildman–Crippen MR) is 64.2 cm³/mol. The minimum atomic E-state index is -0.290. The number of hydrogen-bond donors (Lipinski definition) is 1. The molecule has 2 atom stereocenters. The third-order valence-electron chi connectivity index (χ3n) is 2.99. The van der Waals surface area contributed by atoms with Gasteiger partial charge in [0.1, 0.15) is 0 Å². The zero-order valence-electron chi connectivity index (χ0n) is 9.06. The van der Waals surface area contributed by atoms with Crippen LogP contribution in [0.15, 0.2) is 28.7 Å². The molecular weight excluding hydrogens is 270 g/mol. The van der Waals surface area contributed by atoms with Crippen LogP contribution in [0.3, 0.4) is 0 Å². The Labute approximate surface area is 103 Å². The van der Waals surface area contributed by atoms with Crippen molar-refractivity contribution < 1.29 is 10.0 Å². The Morgan fingerprint density at radius 3 is 2.69 bits per heavy atom. The van der Waals surface area contributed by atoms with Gasteiger partial charge in [0.2, 0.25) is 5.91 Å². The topological polar surface area (TPSA) is 40.5 Å². The van der Waals surface area contributed by atoms with E-state index in [1.807, 2.05) is 12.1 Å². The molecule has 1 aromatic carbocycles. The van der Waals surface area contributed by atoms with E-state index >= 15 is 0 Å². The number of nitrogens with zero attached hydrogens (tertiary/aromatic N) is 1. The molecule has 1 aromatic rings. The highest BCUT2D eigenvalue weighted by molar-refractivity contribution is 9.10. The molecule has 1 N–H and O–H groups in total. The summed E-state index contributed by atoms with van der Waals surface area (Å²) in [5, 5.41) is 10.1. The highest BCUT2D eigenvalue weighted by Gasteiger charge is 2.39. The van der Waals surface area contributed by atoms with Gasteiger partial charge in [-0.25, -0.2) is 5.06 Å². The highest BCUT2D eigenvalue weighted by Crippen LogP contribution is 2.47. The molecule has 1 fully saturated rings. The number of rotatable bonds is 3. The zero-order valence-corrected chi connectivity index (χ0v) is 10.6. The Morgan fingerprint density at radius 2 is 2.12 bits per heavy atom. The summed E-state index contributed by atoms with van der Waals surface area (Å²) in [7, 11) is 0. The quantitative estimate of drug-likeness (QED) is 0.685. The third kappa shape index (κ3) is 2.62. The standard InChI is InChI=1S/C12H14BrNO2/c1-8(15)14(16)7-10-6-12(10)9-2-4-11(13)5-3-9/h2-5,10,12,16H,6-7H2,1H3/t10-,12-/m0/s1. The normalized spacial score (nSPS) is 22.9. The lowest BCUT2D eigenvalue weighted by molar-refractivity contribution is -0.163. The molecule has 1 saturated carbocycles. The number of hydroxylamine groups is 2. The largest absolute Gasteiger partial charge is 0.286 e. The number of amides is 1. The highest BCUT2D eigenvalue weighted by atomic mass is 79.9. The predicted octanol–water partition coefficient (Wildman–Crippen LogP) is 2.79. The number of hydrogen-bond acceptors (Lipinski definition) is 2. The molecule has 86 valence electrons. The Hall–Kier alpha value is -0.870. The number of carbonyl (C=O) groups excluding carboxylic acids is 1. The van der Waals surface area contributed by atoms with Crippen molar-refractivity contribution in [3.63, 3.8) is 0 Å². The van der Waals surface area contributed by atoms with E-state index < -0.39 is 0 Å². The van der Waals surface area contributed by atoms with Crippen molar-refractivity contribution in [3.05, 3.63) is 34.3 Å². The Balaban J connectivity index is 1.91. The van der Waals surface area contributed by atoms with Gasteiger partial charge in [0.15, 0.2) is 0 Å². The Morgan fingerprint density at radius 1 is 1.50 bits per heavy atom. The molecule has 0 aromatic heterocycles. The van der Waals surface area contributed by atoms with E-state index in [4.69, 9.17) is 0 Å². The van der Waals surface area contributed by atoms with Crippen molar-refractivity contribution in [1.29, 1.82) is 0 Å². The van der Waals surface area contributed by atoms with Gasteiger partial charge in [-0.3, -0.25) is 10.0 Å². The molecular formula is C12H14BrNO2. The maximum Gasteiger partial charge on any atom is 0.242 e. The van der Waals surface area contributed by atoms with E-state index in [0.29, 0.717) is 18.4 Å². The van der Waals surface area contributed by atoms with E-state index in [1.54, 1.807) is 0 Å².